The number of nitrogens with one attached hydrogen (secondary N) is 1. The van der Waals surface area contributed by atoms with Gasteiger partial charge in [0, 0.05) is 13.2 Å². The molecule has 1 amide bonds. The molecule has 136 valence electrons. The van der Waals surface area contributed by atoms with Gasteiger partial charge in [-0.1, -0.05) is 12.1 Å². The zero-order valence-corrected chi connectivity index (χ0v) is 14.4. The van der Waals surface area contributed by atoms with Gasteiger partial charge in [0.25, 0.3) is 5.91 Å². The summed E-state index contributed by atoms with van der Waals surface area (Å²) < 4.78 is 6.69. The third-order valence-electron chi connectivity index (χ3n) is 3.65. The van der Waals surface area contributed by atoms with Crippen molar-refractivity contribution in [3.8, 4) is 11.5 Å². The molecular weight excluding hydrogens is 348 g/mol. The molecule has 0 saturated carbocycles. The number of amides is 1. The van der Waals surface area contributed by atoms with Crippen molar-refractivity contribution in [2.75, 3.05) is 0 Å². The highest BCUT2D eigenvalue weighted by atomic mass is 16.5. The number of carbonyl (C=O) groups excluding carboxylic acids is 2. The van der Waals surface area contributed by atoms with Gasteiger partial charge < -0.3 is 9.84 Å². The second kappa shape index (κ2) is 7.96. The van der Waals surface area contributed by atoms with E-state index in [-0.39, 0.29) is 11.3 Å². The molecule has 3 aromatic rings. The third-order valence-corrected chi connectivity index (χ3v) is 3.65. The highest BCUT2D eigenvalue weighted by Gasteiger charge is 2.12. The first kappa shape index (κ1) is 17.9. The first-order chi connectivity index (χ1) is 13.0. The number of aromatic hydroxyl groups is 1. The topological polar surface area (TPSA) is 106 Å². The van der Waals surface area contributed by atoms with Gasteiger partial charge in [0.2, 0.25) is 0 Å². The summed E-state index contributed by atoms with van der Waals surface area (Å²) in [6.07, 6.45) is 2.95. The van der Waals surface area contributed by atoms with E-state index in [2.05, 4.69) is 15.6 Å². The van der Waals surface area contributed by atoms with Gasteiger partial charge in [-0.05, 0) is 48.0 Å². The Morgan fingerprint density at radius 3 is 2.56 bits per heavy atom. The SMILES string of the molecule is Cn1nccc1C(=O)Oc1ccc(/C=N/NC(=O)c2ccccc2O)cc1. The normalized spacial score (nSPS) is 10.7. The fourth-order valence-electron chi connectivity index (χ4n) is 2.25. The van der Waals surface area contributed by atoms with Crippen molar-refractivity contribution in [2.24, 2.45) is 12.1 Å². The Morgan fingerprint density at radius 1 is 1.15 bits per heavy atom. The average Bonchev–Trinajstić information content (AvgIpc) is 3.09. The number of phenolic OH excluding ortho intramolecular Hbond substituents is 1. The lowest BCUT2D eigenvalue weighted by Gasteiger charge is -2.05. The minimum absolute atomic E-state index is 0.121. The number of benzene rings is 2. The summed E-state index contributed by atoms with van der Waals surface area (Å²) in [5.74, 6) is -0.779. The molecule has 0 unspecified atom stereocenters. The predicted molar refractivity (Wildman–Crippen MR) is 97.8 cm³/mol. The molecular formula is C19H16N4O4. The van der Waals surface area contributed by atoms with Gasteiger partial charge in [0.15, 0.2) is 0 Å². The zero-order valence-electron chi connectivity index (χ0n) is 14.4. The number of phenols is 1. The van der Waals surface area contributed by atoms with E-state index < -0.39 is 11.9 Å². The Bertz CT molecular complexity index is 993. The molecule has 2 N–H and O–H groups in total. The Morgan fingerprint density at radius 2 is 1.89 bits per heavy atom. The van der Waals surface area contributed by atoms with E-state index in [1.807, 2.05) is 0 Å². The van der Waals surface area contributed by atoms with Crippen molar-refractivity contribution in [3.05, 3.63) is 77.6 Å². The van der Waals surface area contributed by atoms with Crippen LogP contribution >= 0.6 is 0 Å². The maximum atomic E-state index is 12.0. The number of para-hydroxylation sites is 1. The summed E-state index contributed by atoms with van der Waals surface area (Å²) in [6.45, 7) is 0. The first-order valence-electron chi connectivity index (χ1n) is 7.96. The van der Waals surface area contributed by atoms with Gasteiger partial charge in [-0.15, -0.1) is 0 Å². The minimum Gasteiger partial charge on any atom is -0.507 e. The molecule has 0 atom stereocenters. The largest absolute Gasteiger partial charge is 0.507 e. The molecule has 0 fully saturated rings. The van der Waals surface area contributed by atoms with Crippen LogP contribution in [0.1, 0.15) is 26.4 Å². The fourth-order valence-corrected chi connectivity index (χ4v) is 2.25. The van der Waals surface area contributed by atoms with E-state index in [0.717, 1.165) is 0 Å². The summed E-state index contributed by atoms with van der Waals surface area (Å²) in [7, 11) is 1.65. The van der Waals surface area contributed by atoms with Crippen LogP contribution in [-0.4, -0.2) is 33.0 Å². The number of rotatable bonds is 5. The number of hydrogen-bond donors (Lipinski definition) is 2. The van der Waals surface area contributed by atoms with E-state index in [9.17, 15) is 14.7 Å². The molecule has 0 bridgehead atoms. The molecule has 0 aliphatic rings. The molecule has 8 heteroatoms. The zero-order chi connectivity index (χ0) is 19.2. The molecule has 0 spiro atoms. The molecule has 3 rings (SSSR count). The first-order valence-corrected chi connectivity index (χ1v) is 7.96. The van der Waals surface area contributed by atoms with Crippen LogP contribution < -0.4 is 10.2 Å². The Kier molecular flexibility index (Phi) is 5.27. The van der Waals surface area contributed by atoms with Crippen LogP contribution in [-0.2, 0) is 7.05 Å². The maximum Gasteiger partial charge on any atom is 0.361 e. The van der Waals surface area contributed by atoms with Crippen molar-refractivity contribution >= 4 is 18.1 Å². The van der Waals surface area contributed by atoms with E-state index in [4.69, 9.17) is 4.74 Å². The number of aryl methyl sites for hydroxylation is 1. The molecule has 8 nitrogen and oxygen atoms in total. The lowest BCUT2D eigenvalue weighted by molar-refractivity contribution is 0.0723. The number of esters is 1. The highest BCUT2D eigenvalue weighted by molar-refractivity contribution is 5.97. The van der Waals surface area contributed by atoms with Gasteiger partial charge >= 0.3 is 5.97 Å². The van der Waals surface area contributed by atoms with Crippen molar-refractivity contribution in [1.82, 2.24) is 15.2 Å². The van der Waals surface area contributed by atoms with Crippen LogP contribution in [0.5, 0.6) is 11.5 Å². The summed E-state index contributed by atoms with van der Waals surface area (Å²) in [5, 5.41) is 17.4. The number of hydrogen-bond acceptors (Lipinski definition) is 6. The number of nitrogens with zero attached hydrogens (tertiary/aromatic N) is 3. The summed E-state index contributed by atoms with van der Waals surface area (Å²) >= 11 is 0. The molecule has 1 heterocycles. The van der Waals surface area contributed by atoms with Crippen LogP contribution in [0.25, 0.3) is 0 Å². The maximum absolute atomic E-state index is 12.0. The number of ether oxygens (including phenoxy) is 1. The summed E-state index contributed by atoms with van der Waals surface area (Å²) in [6, 6.07) is 14.3. The second-order valence-corrected chi connectivity index (χ2v) is 5.51. The standard InChI is InChI=1S/C19H16N4O4/c1-23-16(10-11-21-23)19(26)27-14-8-6-13(7-9-14)12-20-22-18(25)15-4-2-3-5-17(15)24/h2-12,24H,1H3,(H,22,25)/b20-12+. The Labute approximate surface area is 154 Å². The van der Waals surface area contributed by atoms with Gasteiger partial charge in [0.1, 0.15) is 17.2 Å². The molecule has 0 radical (unpaired) electrons. The van der Waals surface area contributed by atoms with Crippen LogP contribution in [0.15, 0.2) is 65.9 Å². The molecule has 0 aliphatic heterocycles. The summed E-state index contributed by atoms with van der Waals surface area (Å²) in [5.41, 5.74) is 3.50. The van der Waals surface area contributed by atoms with Crippen molar-refractivity contribution in [1.29, 1.82) is 0 Å². The predicted octanol–water partition coefficient (Wildman–Crippen LogP) is 2.11. The number of hydrazone groups is 1. The van der Waals surface area contributed by atoms with E-state index >= 15 is 0 Å². The van der Waals surface area contributed by atoms with Crippen LogP contribution in [0.2, 0.25) is 0 Å². The quantitative estimate of drug-likeness (QED) is 0.312. The minimum atomic E-state index is -0.522. The van der Waals surface area contributed by atoms with Crippen molar-refractivity contribution in [3.63, 3.8) is 0 Å². The van der Waals surface area contributed by atoms with Crippen LogP contribution in [0.4, 0.5) is 0 Å². The monoisotopic (exact) mass is 364 g/mol. The van der Waals surface area contributed by atoms with Crippen LogP contribution in [0.3, 0.4) is 0 Å². The number of carbonyl (C=O) groups is 2. The number of aromatic nitrogens is 2. The van der Waals surface area contributed by atoms with E-state index in [1.165, 1.54) is 29.2 Å². The lowest BCUT2D eigenvalue weighted by atomic mass is 10.2. The molecule has 1 aromatic heterocycles. The molecule has 27 heavy (non-hydrogen) atoms. The Balaban J connectivity index is 1.58. The van der Waals surface area contributed by atoms with Gasteiger partial charge in [-0.25, -0.2) is 10.2 Å². The molecule has 0 saturated heterocycles. The highest BCUT2D eigenvalue weighted by Crippen LogP contribution is 2.15. The molecule has 2 aromatic carbocycles. The van der Waals surface area contributed by atoms with Gasteiger partial charge in [0.05, 0.1) is 11.8 Å². The van der Waals surface area contributed by atoms with E-state index in [0.29, 0.717) is 17.0 Å². The lowest BCUT2D eigenvalue weighted by Crippen LogP contribution is -2.17. The van der Waals surface area contributed by atoms with Crippen LogP contribution in [0, 0.1) is 0 Å². The van der Waals surface area contributed by atoms with E-state index in [1.54, 1.807) is 49.5 Å². The van der Waals surface area contributed by atoms with Crippen molar-refractivity contribution < 1.29 is 19.4 Å². The van der Waals surface area contributed by atoms with Gasteiger partial charge in [-0.3, -0.25) is 9.48 Å². The smallest absolute Gasteiger partial charge is 0.361 e. The molecule has 0 aliphatic carbocycles. The van der Waals surface area contributed by atoms with Gasteiger partial charge in [-0.2, -0.15) is 10.2 Å². The average molecular weight is 364 g/mol. The summed E-state index contributed by atoms with van der Waals surface area (Å²) in [4.78, 5) is 23.9. The Hall–Kier alpha value is -3.94. The second-order valence-electron chi connectivity index (χ2n) is 5.51. The fraction of sp³-hybridized carbons (Fsp3) is 0.0526. The third kappa shape index (κ3) is 4.37. The van der Waals surface area contributed by atoms with Crippen molar-refractivity contribution in [2.45, 2.75) is 0 Å².